The fraction of sp³-hybridized carbons (Fsp3) is 0.550. The SMILES string of the molecule is CCCCCCCCCCCC(=O)NC(=S)Nc1ccccc1C(=O)O. The third-order valence-corrected chi connectivity index (χ3v) is 4.37. The number of aromatic carboxylic acids is 1. The van der Waals surface area contributed by atoms with Crippen LogP contribution in [0.2, 0.25) is 0 Å². The zero-order valence-corrected chi connectivity index (χ0v) is 16.4. The first kappa shape index (κ1) is 22.1. The second kappa shape index (κ2) is 13.3. The van der Waals surface area contributed by atoms with Crippen LogP contribution in [0, 0.1) is 0 Å². The van der Waals surface area contributed by atoms with E-state index in [0.29, 0.717) is 12.1 Å². The molecule has 0 aliphatic rings. The average molecular weight is 379 g/mol. The van der Waals surface area contributed by atoms with Gasteiger partial charge in [0, 0.05) is 6.42 Å². The molecule has 0 bridgehead atoms. The van der Waals surface area contributed by atoms with Crippen molar-refractivity contribution in [3.05, 3.63) is 29.8 Å². The maximum absolute atomic E-state index is 11.9. The van der Waals surface area contributed by atoms with Crippen molar-refractivity contribution in [2.24, 2.45) is 0 Å². The number of anilines is 1. The predicted octanol–water partition coefficient (Wildman–Crippen LogP) is 5.12. The summed E-state index contributed by atoms with van der Waals surface area (Å²) in [5, 5.41) is 14.6. The molecule has 26 heavy (non-hydrogen) atoms. The Morgan fingerprint density at radius 3 is 2.15 bits per heavy atom. The van der Waals surface area contributed by atoms with Gasteiger partial charge < -0.3 is 15.7 Å². The molecule has 0 atom stereocenters. The van der Waals surface area contributed by atoms with Crippen molar-refractivity contribution >= 4 is 34.9 Å². The van der Waals surface area contributed by atoms with E-state index < -0.39 is 5.97 Å². The number of carboxylic acids is 1. The Bertz CT molecular complexity index is 590. The Morgan fingerprint density at radius 2 is 1.54 bits per heavy atom. The summed E-state index contributed by atoms with van der Waals surface area (Å²) in [4.78, 5) is 23.1. The third kappa shape index (κ3) is 9.51. The van der Waals surface area contributed by atoms with E-state index in [9.17, 15) is 9.59 Å². The summed E-state index contributed by atoms with van der Waals surface area (Å²) in [6.07, 6.45) is 11.2. The van der Waals surface area contributed by atoms with Crippen molar-refractivity contribution in [3.8, 4) is 0 Å². The van der Waals surface area contributed by atoms with E-state index in [1.807, 2.05) is 0 Å². The molecule has 0 aromatic heterocycles. The molecule has 144 valence electrons. The molecule has 0 saturated carbocycles. The first-order chi connectivity index (χ1) is 12.5. The highest BCUT2D eigenvalue weighted by atomic mass is 32.1. The Balaban J connectivity index is 2.17. The normalized spacial score (nSPS) is 10.3. The molecule has 0 radical (unpaired) electrons. The fourth-order valence-corrected chi connectivity index (χ4v) is 2.94. The number of rotatable bonds is 12. The zero-order chi connectivity index (χ0) is 19.2. The summed E-state index contributed by atoms with van der Waals surface area (Å²) in [5.74, 6) is -1.19. The van der Waals surface area contributed by atoms with Crippen LogP contribution in [0.1, 0.15) is 81.5 Å². The van der Waals surface area contributed by atoms with Gasteiger partial charge in [0.1, 0.15) is 0 Å². The van der Waals surface area contributed by atoms with Gasteiger partial charge in [0.25, 0.3) is 0 Å². The molecule has 3 N–H and O–H groups in total. The molecular weight excluding hydrogens is 348 g/mol. The minimum absolute atomic E-state index is 0.114. The minimum Gasteiger partial charge on any atom is -0.478 e. The molecule has 1 aromatic carbocycles. The molecule has 0 heterocycles. The van der Waals surface area contributed by atoms with E-state index >= 15 is 0 Å². The lowest BCUT2D eigenvalue weighted by atomic mass is 10.1. The highest BCUT2D eigenvalue weighted by Gasteiger charge is 2.11. The zero-order valence-electron chi connectivity index (χ0n) is 15.6. The number of unbranched alkanes of at least 4 members (excludes halogenated alkanes) is 8. The Labute approximate surface area is 161 Å². The van der Waals surface area contributed by atoms with Gasteiger partial charge in [-0.25, -0.2) is 4.79 Å². The van der Waals surface area contributed by atoms with Gasteiger partial charge in [-0.1, -0.05) is 70.4 Å². The second-order valence-electron chi connectivity index (χ2n) is 6.43. The van der Waals surface area contributed by atoms with E-state index in [1.165, 1.54) is 44.6 Å². The van der Waals surface area contributed by atoms with Crippen LogP contribution in [-0.4, -0.2) is 22.1 Å². The Hall–Kier alpha value is -1.95. The van der Waals surface area contributed by atoms with Crippen LogP contribution in [0.3, 0.4) is 0 Å². The van der Waals surface area contributed by atoms with Crippen LogP contribution in [0.5, 0.6) is 0 Å². The summed E-state index contributed by atoms with van der Waals surface area (Å²) in [6, 6.07) is 6.45. The molecule has 6 heteroatoms. The molecule has 1 amide bonds. The van der Waals surface area contributed by atoms with E-state index in [0.717, 1.165) is 19.3 Å². The summed E-state index contributed by atoms with van der Waals surface area (Å²) >= 11 is 5.09. The highest BCUT2D eigenvalue weighted by Crippen LogP contribution is 2.15. The van der Waals surface area contributed by atoms with Crippen molar-refractivity contribution < 1.29 is 14.7 Å². The third-order valence-electron chi connectivity index (χ3n) is 4.17. The average Bonchev–Trinajstić information content (AvgIpc) is 2.60. The number of carbonyl (C=O) groups is 2. The van der Waals surface area contributed by atoms with Crippen molar-refractivity contribution in [2.45, 2.75) is 71.1 Å². The van der Waals surface area contributed by atoms with Crippen molar-refractivity contribution in [2.75, 3.05) is 5.32 Å². The maximum atomic E-state index is 11.9. The minimum atomic E-state index is -1.04. The number of benzene rings is 1. The largest absolute Gasteiger partial charge is 0.478 e. The van der Waals surface area contributed by atoms with Crippen LogP contribution in [-0.2, 0) is 4.79 Å². The second-order valence-corrected chi connectivity index (χ2v) is 6.84. The first-order valence-corrected chi connectivity index (χ1v) is 9.88. The van der Waals surface area contributed by atoms with Crippen molar-refractivity contribution in [3.63, 3.8) is 0 Å². The molecule has 0 unspecified atom stereocenters. The highest BCUT2D eigenvalue weighted by molar-refractivity contribution is 7.80. The van der Waals surface area contributed by atoms with Crippen LogP contribution in [0.4, 0.5) is 5.69 Å². The molecule has 0 spiro atoms. The number of amides is 1. The molecule has 0 fully saturated rings. The molecule has 0 saturated heterocycles. The van der Waals surface area contributed by atoms with Gasteiger partial charge >= 0.3 is 5.97 Å². The molecule has 1 rings (SSSR count). The standard InChI is InChI=1S/C20H30N2O3S/c1-2-3-4-5-6-7-8-9-10-15-18(23)22-20(26)21-17-14-12-11-13-16(17)19(24)25/h11-14H,2-10,15H2,1H3,(H,24,25)(H2,21,22,23,26). The Kier molecular flexibility index (Phi) is 11.3. The summed E-state index contributed by atoms with van der Waals surface area (Å²) in [7, 11) is 0. The van der Waals surface area contributed by atoms with E-state index in [1.54, 1.807) is 18.2 Å². The monoisotopic (exact) mass is 378 g/mol. The first-order valence-electron chi connectivity index (χ1n) is 9.47. The fourth-order valence-electron chi connectivity index (χ4n) is 2.72. The maximum Gasteiger partial charge on any atom is 0.337 e. The molecule has 5 nitrogen and oxygen atoms in total. The lowest BCUT2D eigenvalue weighted by Crippen LogP contribution is -2.34. The van der Waals surface area contributed by atoms with Gasteiger partial charge in [-0.05, 0) is 30.8 Å². The Morgan fingerprint density at radius 1 is 0.962 bits per heavy atom. The van der Waals surface area contributed by atoms with E-state index in [2.05, 4.69) is 17.6 Å². The lowest BCUT2D eigenvalue weighted by Gasteiger charge is -2.11. The molecule has 0 aliphatic carbocycles. The molecule has 0 aliphatic heterocycles. The van der Waals surface area contributed by atoms with Crippen LogP contribution >= 0.6 is 12.2 Å². The van der Waals surface area contributed by atoms with Gasteiger partial charge in [0.2, 0.25) is 5.91 Å². The van der Waals surface area contributed by atoms with Gasteiger partial charge in [-0.2, -0.15) is 0 Å². The number of para-hydroxylation sites is 1. The number of thiocarbonyl (C=S) groups is 1. The molecular formula is C20H30N2O3S. The lowest BCUT2D eigenvalue weighted by molar-refractivity contribution is -0.119. The van der Waals surface area contributed by atoms with Gasteiger partial charge in [0.15, 0.2) is 5.11 Å². The topological polar surface area (TPSA) is 78.4 Å². The summed E-state index contributed by atoms with van der Waals surface area (Å²) in [6.45, 7) is 2.22. The number of carboxylic acid groups (broad SMARTS) is 1. The van der Waals surface area contributed by atoms with Gasteiger partial charge in [0.05, 0.1) is 11.3 Å². The van der Waals surface area contributed by atoms with Crippen LogP contribution in [0.15, 0.2) is 24.3 Å². The van der Waals surface area contributed by atoms with Crippen LogP contribution in [0.25, 0.3) is 0 Å². The summed E-state index contributed by atoms with van der Waals surface area (Å²) in [5.41, 5.74) is 0.483. The number of nitrogens with one attached hydrogen (secondary N) is 2. The van der Waals surface area contributed by atoms with E-state index in [4.69, 9.17) is 17.3 Å². The van der Waals surface area contributed by atoms with Gasteiger partial charge in [-0.15, -0.1) is 0 Å². The van der Waals surface area contributed by atoms with Crippen molar-refractivity contribution in [1.82, 2.24) is 5.32 Å². The summed E-state index contributed by atoms with van der Waals surface area (Å²) < 4.78 is 0. The van der Waals surface area contributed by atoms with Gasteiger partial charge in [-0.3, -0.25) is 4.79 Å². The van der Waals surface area contributed by atoms with E-state index in [-0.39, 0.29) is 16.6 Å². The van der Waals surface area contributed by atoms with Crippen molar-refractivity contribution in [1.29, 1.82) is 0 Å². The number of hydrogen-bond acceptors (Lipinski definition) is 3. The smallest absolute Gasteiger partial charge is 0.337 e. The van der Waals surface area contributed by atoms with Crippen LogP contribution < -0.4 is 10.6 Å². The predicted molar refractivity (Wildman–Crippen MR) is 110 cm³/mol. The quantitative estimate of drug-likeness (QED) is 0.347. The number of carbonyl (C=O) groups excluding carboxylic acids is 1. The number of hydrogen-bond donors (Lipinski definition) is 3. The molecule has 1 aromatic rings.